The molecule has 1 rings (SSSR count). The molecule has 1 N–H and O–H groups in total. The van der Waals surface area contributed by atoms with Gasteiger partial charge >= 0.3 is 0 Å². The third-order valence-corrected chi connectivity index (χ3v) is 2.64. The van der Waals surface area contributed by atoms with Crippen molar-refractivity contribution in [3.05, 3.63) is 23.9 Å². The first-order valence-corrected chi connectivity index (χ1v) is 5.33. The summed E-state index contributed by atoms with van der Waals surface area (Å²) in [5.41, 5.74) is 1.26. The first-order chi connectivity index (χ1) is 7.17. The molecule has 1 atom stereocenters. The Morgan fingerprint density at radius 1 is 1.47 bits per heavy atom. The highest BCUT2D eigenvalue weighted by Crippen LogP contribution is 2.13. The van der Waals surface area contributed by atoms with Crippen LogP contribution in [-0.2, 0) is 6.42 Å². The molecular weight excluding hydrogens is 188 g/mol. The Labute approximate surface area is 91.9 Å². The summed E-state index contributed by atoms with van der Waals surface area (Å²) < 4.78 is 5.10. The van der Waals surface area contributed by atoms with Crippen LogP contribution in [0.4, 0.5) is 0 Å². The van der Waals surface area contributed by atoms with Crippen LogP contribution >= 0.6 is 0 Å². The van der Waals surface area contributed by atoms with E-state index in [1.54, 1.807) is 13.3 Å². The minimum Gasteiger partial charge on any atom is -0.481 e. The molecule has 0 spiro atoms. The number of hydrogen-bond acceptors (Lipinski definition) is 3. The highest BCUT2D eigenvalue weighted by atomic mass is 16.5. The SMILES string of the molecule is CNC(Cc1ccnc(OC)c1)C(C)C. The van der Waals surface area contributed by atoms with E-state index < -0.39 is 0 Å². The van der Waals surface area contributed by atoms with Crippen LogP contribution in [0, 0.1) is 5.92 Å². The quantitative estimate of drug-likeness (QED) is 0.802. The number of ether oxygens (including phenoxy) is 1. The maximum absolute atomic E-state index is 5.10. The molecule has 0 saturated carbocycles. The van der Waals surface area contributed by atoms with Crippen molar-refractivity contribution in [2.75, 3.05) is 14.2 Å². The van der Waals surface area contributed by atoms with E-state index in [9.17, 15) is 0 Å². The van der Waals surface area contributed by atoms with Crippen molar-refractivity contribution in [1.82, 2.24) is 10.3 Å². The summed E-state index contributed by atoms with van der Waals surface area (Å²) in [7, 11) is 3.65. The number of nitrogens with one attached hydrogen (secondary N) is 1. The number of aromatic nitrogens is 1. The van der Waals surface area contributed by atoms with Crippen LogP contribution in [0.5, 0.6) is 5.88 Å². The Hall–Kier alpha value is -1.09. The molecule has 3 heteroatoms. The van der Waals surface area contributed by atoms with Gasteiger partial charge in [0, 0.05) is 18.3 Å². The predicted octanol–water partition coefficient (Wildman–Crippen LogP) is 1.88. The van der Waals surface area contributed by atoms with Crippen LogP contribution in [0.2, 0.25) is 0 Å². The van der Waals surface area contributed by atoms with Crippen LogP contribution in [0.25, 0.3) is 0 Å². The molecule has 15 heavy (non-hydrogen) atoms. The van der Waals surface area contributed by atoms with E-state index in [4.69, 9.17) is 4.74 Å². The lowest BCUT2D eigenvalue weighted by molar-refractivity contribution is 0.394. The molecule has 0 bridgehead atoms. The molecule has 0 saturated heterocycles. The maximum Gasteiger partial charge on any atom is 0.213 e. The number of likely N-dealkylation sites (N-methyl/N-ethyl adjacent to an activating group) is 1. The van der Waals surface area contributed by atoms with Crippen LogP contribution in [0.15, 0.2) is 18.3 Å². The van der Waals surface area contributed by atoms with Crippen molar-refractivity contribution in [3.8, 4) is 5.88 Å². The topological polar surface area (TPSA) is 34.2 Å². The van der Waals surface area contributed by atoms with Gasteiger partial charge in [0.2, 0.25) is 5.88 Å². The van der Waals surface area contributed by atoms with Gasteiger partial charge in [-0.1, -0.05) is 13.8 Å². The van der Waals surface area contributed by atoms with Crippen LogP contribution < -0.4 is 10.1 Å². The van der Waals surface area contributed by atoms with Gasteiger partial charge in [0.25, 0.3) is 0 Å². The zero-order chi connectivity index (χ0) is 11.3. The van der Waals surface area contributed by atoms with Crippen molar-refractivity contribution in [1.29, 1.82) is 0 Å². The molecule has 0 aliphatic heterocycles. The lowest BCUT2D eigenvalue weighted by Crippen LogP contribution is -2.32. The van der Waals surface area contributed by atoms with Crippen LogP contribution in [-0.4, -0.2) is 25.2 Å². The Kier molecular flexibility index (Phi) is 4.56. The Morgan fingerprint density at radius 3 is 2.73 bits per heavy atom. The highest BCUT2D eigenvalue weighted by molar-refractivity contribution is 5.21. The molecule has 0 aromatic carbocycles. The van der Waals surface area contributed by atoms with Gasteiger partial charge in [-0.25, -0.2) is 4.98 Å². The molecule has 0 amide bonds. The Morgan fingerprint density at radius 2 is 2.20 bits per heavy atom. The zero-order valence-corrected chi connectivity index (χ0v) is 9.95. The summed E-state index contributed by atoms with van der Waals surface area (Å²) in [6, 6.07) is 4.53. The molecule has 0 fully saturated rings. The summed E-state index contributed by atoms with van der Waals surface area (Å²) in [5, 5.41) is 3.33. The first kappa shape index (κ1) is 12.0. The Bertz CT molecular complexity index is 299. The van der Waals surface area contributed by atoms with Gasteiger partial charge in [0.1, 0.15) is 0 Å². The maximum atomic E-state index is 5.10. The van der Waals surface area contributed by atoms with E-state index in [-0.39, 0.29) is 0 Å². The fourth-order valence-electron chi connectivity index (χ4n) is 1.61. The molecule has 1 aromatic heterocycles. The van der Waals surface area contributed by atoms with Gasteiger partial charge in [-0.05, 0) is 31.0 Å². The molecule has 1 heterocycles. The minimum absolute atomic E-state index is 0.497. The molecule has 84 valence electrons. The third kappa shape index (κ3) is 3.51. The summed E-state index contributed by atoms with van der Waals surface area (Å²) >= 11 is 0. The minimum atomic E-state index is 0.497. The van der Waals surface area contributed by atoms with E-state index in [2.05, 4.69) is 24.1 Å². The average molecular weight is 208 g/mol. The summed E-state index contributed by atoms with van der Waals surface area (Å²) in [6.07, 6.45) is 2.80. The van der Waals surface area contributed by atoms with E-state index in [0.29, 0.717) is 17.8 Å². The second kappa shape index (κ2) is 5.71. The molecule has 0 aliphatic carbocycles. The zero-order valence-electron chi connectivity index (χ0n) is 9.95. The van der Waals surface area contributed by atoms with E-state index >= 15 is 0 Å². The van der Waals surface area contributed by atoms with Crippen molar-refractivity contribution in [2.24, 2.45) is 5.92 Å². The summed E-state index contributed by atoms with van der Waals surface area (Å²) in [4.78, 5) is 4.09. The number of nitrogens with zero attached hydrogens (tertiary/aromatic N) is 1. The molecule has 0 aliphatic rings. The fourth-order valence-corrected chi connectivity index (χ4v) is 1.61. The second-order valence-electron chi connectivity index (χ2n) is 4.05. The second-order valence-corrected chi connectivity index (χ2v) is 4.05. The number of hydrogen-bond donors (Lipinski definition) is 1. The van der Waals surface area contributed by atoms with Gasteiger partial charge in [-0.3, -0.25) is 0 Å². The standard InChI is InChI=1S/C12H20N2O/c1-9(2)11(13-3)7-10-5-6-14-12(8-10)15-4/h5-6,8-9,11,13H,7H2,1-4H3. The molecular formula is C12H20N2O. The summed E-state index contributed by atoms with van der Waals surface area (Å²) in [6.45, 7) is 4.44. The molecule has 3 nitrogen and oxygen atoms in total. The van der Waals surface area contributed by atoms with Crippen molar-refractivity contribution in [3.63, 3.8) is 0 Å². The molecule has 1 unspecified atom stereocenters. The van der Waals surface area contributed by atoms with Crippen LogP contribution in [0.3, 0.4) is 0 Å². The summed E-state index contributed by atoms with van der Waals surface area (Å²) in [5.74, 6) is 1.31. The fraction of sp³-hybridized carbons (Fsp3) is 0.583. The van der Waals surface area contributed by atoms with Crippen LogP contribution in [0.1, 0.15) is 19.4 Å². The number of methoxy groups -OCH3 is 1. The van der Waals surface area contributed by atoms with Crippen molar-refractivity contribution < 1.29 is 4.74 Å². The van der Waals surface area contributed by atoms with Crippen molar-refractivity contribution >= 4 is 0 Å². The largest absolute Gasteiger partial charge is 0.481 e. The highest BCUT2D eigenvalue weighted by Gasteiger charge is 2.11. The van der Waals surface area contributed by atoms with E-state index in [0.717, 1.165) is 6.42 Å². The predicted molar refractivity (Wildman–Crippen MR) is 62.2 cm³/mol. The Balaban J connectivity index is 2.70. The normalized spacial score (nSPS) is 12.9. The first-order valence-electron chi connectivity index (χ1n) is 5.33. The number of pyridine rings is 1. The average Bonchev–Trinajstić information content (AvgIpc) is 2.25. The lowest BCUT2D eigenvalue weighted by Gasteiger charge is -2.20. The van der Waals surface area contributed by atoms with E-state index in [1.165, 1.54) is 5.56 Å². The van der Waals surface area contributed by atoms with Gasteiger partial charge in [0.05, 0.1) is 7.11 Å². The van der Waals surface area contributed by atoms with Crippen molar-refractivity contribution in [2.45, 2.75) is 26.3 Å². The van der Waals surface area contributed by atoms with E-state index in [1.807, 2.05) is 19.2 Å². The van der Waals surface area contributed by atoms with Gasteiger partial charge in [0.15, 0.2) is 0 Å². The van der Waals surface area contributed by atoms with Gasteiger partial charge in [-0.2, -0.15) is 0 Å². The third-order valence-electron chi connectivity index (χ3n) is 2.64. The van der Waals surface area contributed by atoms with Gasteiger partial charge < -0.3 is 10.1 Å². The lowest BCUT2D eigenvalue weighted by atomic mass is 9.97. The number of rotatable bonds is 5. The molecule has 1 aromatic rings. The monoisotopic (exact) mass is 208 g/mol. The van der Waals surface area contributed by atoms with Gasteiger partial charge in [-0.15, -0.1) is 0 Å². The molecule has 0 radical (unpaired) electrons. The smallest absolute Gasteiger partial charge is 0.213 e.